The van der Waals surface area contributed by atoms with Crippen LogP contribution in [-0.4, -0.2) is 61.6 Å². The molecule has 10 heteroatoms. The zero-order chi connectivity index (χ0) is 24.1. The molecule has 0 fully saturated rings. The summed E-state index contributed by atoms with van der Waals surface area (Å²) in [7, 11) is 4.86. The van der Waals surface area contributed by atoms with Gasteiger partial charge in [0.25, 0.3) is 0 Å². The van der Waals surface area contributed by atoms with Gasteiger partial charge in [0.2, 0.25) is 0 Å². The zero-order valence-electron chi connectivity index (χ0n) is 19.2. The van der Waals surface area contributed by atoms with Gasteiger partial charge >= 0.3 is 0 Å². The summed E-state index contributed by atoms with van der Waals surface area (Å²) >= 11 is 3.06. The van der Waals surface area contributed by atoms with Gasteiger partial charge in [-0.2, -0.15) is 4.39 Å². The molecule has 0 bridgehead atoms. The smallest absolute Gasteiger partial charge is 0.197 e. The highest BCUT2D eigenvalue weighted by Crippen LogP contribution is 2.43. The van der Waals surface area contributed by atoms with Crippen molar-refractivity contribution in [1.29, 1.82) is 5.41 Å². The van der Waals surface area contributed by atoms with E-state index in [1.54, 1.807) is 31.3 Å². The van der Waals surface area contributed by atoms with Crippen molar-refractivity contribution in [3.63, 3.8) is 0 Å². The first kappa shape index (κ1) is 28.0. The molecule has 2 rings (SSSR count). The monoisotopic (exact) mass is 484 g/mol. The summed E-state index contributed by atoms with van der Waals surface area (Å²) in [5, 5.41) is 18.6. The Labute approximate surface area is 198 Å². The molecule has 0 saturated heterocycles. The van der Waals surface area contributed by atoms with Crippen LogP contribution >= 0.6 is 23.7 Å². The maximum absolute atomic E-state index is 13.3. The molecule has 0 aromatic heterocycles. The van der Waals surface area contributed by atoms with E-state index in [-0.39, 0.29) is 12.3 Å². The van der Waals surface area contributed by atoms with Gasteiger partial charge in [0.05, 0.1) is 15.5 Å². The molecule has 0 spiro atoms. The van der Waals surface area contributed by atoms with Crippen molar-refractivity contribution in [2.75, 3.05) is 38.9 Å². The Morgan fingerprint density at radius 2 is 2.19 bits per heavy atom. The summed E-state index contributed by atoms with van der Waals surface area (Å²) in [5.74, 6) is -0.110. The number of nitrogens with one attached hydrogen (secondary N) is 2. The summed E-state index contributed by atoms with van der Waals surface area (Å²) in [6.45, 7) is 2.87. The van der Waals surface area contributed by atoms with Crippen molar-refractivity contribution in [3.05, 3.63) is 36.5 Å². The molecule has 1 aliphatic rings. The first-order valence-electron chi connectivity index (χ1n) is 10.2. The fourth-order valence-corrected chi connectivity index (χ4v) is 4.65. The highest BCUT2D eigenvalue weighted by molar-refractivity contribution is 7.98. The number of hydrogen-bond acceptors (Lipinski definition) is 8. The number of benzene rings is 1. The SMILES string of the molecule is CCCCC1CN(C(=N)/C=C\NC)c2cc(SC)c(O/C=C(\F)C=O)cc2SN1C.CO. The van der Waals surface area contributed by atoms with Gasteiger partial charge in [0.1, 0.15) is 17.8 Å². The first-order valence-corrected chi connectivity index (χ1v) is 12.2. The number of aliphatic hydroxyl groups excluding tert-OH is 1. The van der Waals surface area contributed by atoms with E-state index in [2.05, 4.69) is 23.6 Å². The van der Waals surface area contributed by atoms with Crippen molar-refractivity contribution < 1.29 is 19.0 Å². The molecule has 0 saturated carbocycles. The van der Waals surface area contributed by atoms with E-state index in [9.17, 15) is 9.18 Å². The van der Waals surface area contributed by atoms with Crippen LogP contribution < -0.4 is 15.0 Å². The number of amidine groups is 1. The average molecular weight is 485 g/mol. The molecule has 0 aliphatic carbocycles. The van der Waals surface area contributed by atoms with Crippen LogP contribution in [0.3, 0.4) is 0 Å². The van der Waals surface area contributed by atoms with Crippen LogP contribution in [0.2, 0.25) is 0 Å². The average Bonchev–Trinajstić information content (AvgIpc) is 2.95. The molecule has 32 heavy (non-hydrogen) atoms. The predicted molar refractivity (Wildman–Crippen MR) is 132 cm³/mol. The number of allylic oxidation sites excluding steroid dienone is 1. The highest BCUT2D eigenvalue weighted by atomic mass is 32.2. The predicted octanol–water partition coefficient (Wildman–Crippen LogP) is 4.43. The Balaban J connectivity index is 0.00000249. The number of nitrogens with zero attached hydrogens (tertiary/aromatic N) is 2. The van der Waals surface area contributed by atoms with E-state index in [4.69, 9.17) is 15.3 Å². The molecular weight excluding hydrogens is 451 g/mol. The molecule has 1 unspecified atom stereocenters. The fourth-order valence-electron chi connectivity index (χ4n) is 3.06. The molecule has 0 radical (unpaired) electrons. The number of ether oxygens (including phenoxy) is 1. The number of aliphatic hydroxyl groups is 1. The maximum atomic E-state index is 13.3. The van der Waals surface area contributed by atoms with Crippen molar-refractivity contribution in [1.82, 2.24) is 9.62 Å². The number of aldehydes is 1. The van der Waals surface area contributed by atoms with E-state index in [0.717, 1.165) is 48.1 Å². The third-order valence-electron chi connectivity index (χ3n) is 4.69. The maximum Gasteiger partial charge on any atom is 0.197 e. The van der Waals surface area contributed by atoms with Crippen molar-refractivity contribution in [2.24, 2.45) is 0 Å². The summed E-state index contributed by atoms with van der Waals surface area (Å²) in [4.78, 5) is 14.3. The Morgan fingerprint density at radius 1 is 1.47 bits per heavy atom. The van der Waals surface area contributed by atoms with E-state index in [1.807, 2.05) is 23.3 Å². The molecule has 1 aromatic rings. The van der Waals surface area contributed by atoms with Crippen LogP contribution in [0.4, 0.5) is 10.1 Å². The number of halogens is 1. The van der Waals surface area contributed by atoms with Crippen molar-refractivity contribution in [2.45, 2.75) is 42.0 Å². The van der Waals surface area contributed by atoms with Gasteiger partial charge in [-0.15, -0.1) is 11.8 Å². The van der Waals surface area contributed by atoms with Crippen LogP contribution in [0.15, 0.2) is 46.3 Å². The fraction of sp³-hybridized carbons (Fsp3) is 0.455. The Hall–Kier alpha value is -2.01. The normalized spacial score (nSPS) is 16.7. The third-order valence-corrected chi connectivity index (χ3v) is 6.56. The van der Waals surface area contributed by atoms with Gasteiger partial charge in [-0.3, -0.25) is 10.2 Å². The second-order valence-electron chi connectivity index (χ2n) is 6.76. The second-order valence-corrected chi connectivity index (χ2v) is 8.81. The molecule has 7 nitrogen and oxygen atoms in total. The van der Waals surface area contributed by atoms with Crippen LogP contribution in [-0.2, 0) is 4.79 Å². The molecule has 1 atom stereocenters. The minimum Gasteiger partial charge on any atom is -0.461 e. The van der Waals surface area contributed by atoms with E-state index in [1.165, 1.54) is 11.8 Å². The summed E-state index contributed by atoms with van der Waals surface area (Å²) < 4.78 is 20.9. The third kappa shape index (κ3) is 7.84. The van der Waals surface area contributed by atoms with Crippen molar-refractivity contribution in [3.8, 4) is 5.75 Å². The molecule has 3 N–H and O–H groups in total. The number of rotatable bonds is 9. The summed E-state index contributed by atoms with van der Waals surface area (Å²) in [6, 6.07) is 4.08. The van der Waals surface area contributed by atoms with Gasteiger partial charge in [0.15, 0.2) is 12.1 Å². The van der Waals surface area contributed by atoms with Crippen LogP contribution in [0.5, 0.6) is 5.75 Å². The lowest BCUT2D eigenvalue weighted by Gasteiger charge is -2.29. The van der Waals surface area contributed by atoms with E-state index >= 15 is 0 Å². The van der Waals surface area contributed by atoms with Gasteiger partial charge in [0, 0.05) is 26.7 Å². The number of carbonyl (C=O) groups is 1. The summed E-state index contributed by atoms with van der Waals surface area (Å²) in [6.07, 6.45) is 9.57. The van der Waals surface area contributed by atoms with Crippen LogP contribution in [0.25, 0.3) is 0 Å². The number of anilines is 1. The van der Waals surface area contributed by atoms with Gasteiger partial charge in [-0.1, -0.05) is 19.8 Å². The minimum absolute atomic E-state index is 0.111. The van der Waals surface area contributed by atoms with E-state index < -0.39 is 5.83 Å². The Bertz CT molecular complexity index is 821. The zero-order valence-corrected chi connectivity index (χ0v) is 20.9. The number of likely N-dealkylation sites (N-methyl/N-ethyl adjacent to an activating group) is 1. The van der Waals surface area contributed by atoms with Gasteiger partial charge in [-0.05, 0) is 56.1 Å². The Morgan fingerprint density at radius 3 is 2.78 bits per heavy atom. The molecule has 178 valence electrons. The number of fused-ring (bicyclic) bond motifs is 1. The lowest BCUT2D eigenvalue weighted by Crippen LogP contribution is -2.40. The number of unbranched alkanes of at least 4 members (excludes halogenated alkanes) is 1. The minimum atomic E-state index is -0.970. The van der Waals surface area contributed by atoms with E-state index in [0.29, 0.717) is 18.1 Å². The highest BCUT2D eigenvalue weighted by Gasteiger charge is 2.29. The van der Waals surface area contributed by atoms with Crippen LogP contribution in [0, 0.1) is 5.41 Å². The number of thioether (sulfide) groups is 1. The van der Waals surface area contributed by atoms with Gasteiger partial charge in [-0.25, -0.2) is 4.31 Å². The topological polar surface area (TPSA) is 88.9 Å². The number of carbonyl (C=O) groups excluding carboxylic acids is 1. The molecule has 1 aliphatic heterocycles. The van der Waals surface area contributed by atoms with Gasteiger partial charge < -0.3 is 20.1 Å². The Kier molecular flexibility index (Phi) is 13.1. The molecule has 1 aromatic carbocycles. The number of hydrogen-bond donors (Lipinski definition) is 3. The lowest BCUT2D eigenvalue weighted by atomic mass is 10.1. The van der Waals surface area contributed by atoms with Crippen LogP contribution in [0.1, 0.15) is 26.2 Å². The largest absolute Gasteiger partial charge is 0.461 e. The molecule has 1 heterocycles. The summed E-state index contributed by atoms with van der Waals surface area (Å²) in [5.41, 5.74) is 0.910. The van der Waals surface area contributed by atoms with Crippen molar-refractivity contribution >= 4 is 41.5 Å². The standard InChI is InChI=1S/C21H29FN4O2S2.CH4O/c1-5-6-7-16-12-26(21(23)8-9-24-2)17-10-20(29-4)18(28-14-15(22)13-27)11-19(17)30-25(16)3;1-2/h8-11,13-14,16,23-24H,5-7,12H2,1-4H3;2H,1H3/b9-8-,15-14-,23-21?;. The lowest BCUT2D eigenvalue weighted by molar-refractivity contribution is -0.106. The quantitative estimate of drug-likeness (QED) is 0.0902. The molecular formula is C22H33FN4O3S2. The molecule has 0 amide bonds. The first-order chi connectivity index (χ1) is 15.4. The second kappa shape index (κ2) is 14.9.